The maximum absolute atomic E-state index is 14.0. The standard InChI is InChI=1S/C41H53N7O6/c1-39(2,3)53-37(51)42-26-17-24-32(45-34(49)25-27-43-38(52)54-40(4,5)6)36(50)46-33-28-44-48(7)35(33)47-41(29-18-11-8-12-19-29,30-20-13-9-14-21-30)31-22-15-10-16-23-31/h8-16,18-23,28,32,47H,17,24-27H2,1-7H3,(H,42,51)(H,43,52)(H,45,49)(H,46,50)/t32-/m0/s1. The van der Waals surface area contributed by atoms with Crippen LogP contribution in [0.15, 0.2) is 97.2 Å². The van der Waals surface area contributed by atoms with Crippen LogP contribution in [-0.4, -0.2) is 64.1 Å². The Kier molecular flexibility index (Phi) is 13.8. The number of hydrogen-bond acceptors (Lipinski definition) is 8. The average molecular weight is 740 g/mol. The second-order valence-corrected chi connectivity index (χ2v) is 14.9. The maximum atomic E-state index is 14.0. The number of hydrogen-bond donors (Lipinski definition) is 5. The smallest absolute Gasteiger partial charge is 0.407 e. The number of nitrogens with one attached hydrogen (secondary N) is 5. The number of amides is 4. The number of rotatable bonds is 15. The normalized spacial score (nSPS) is 12.2. The van der Waals surface area contributed by atoms with Crippen LogP contribution in [0.25, 0.3) is 0 Å². The Morgan fingerprint density at radius 2 is 1.17 bits per heavy atom. The van der Waals surface area contributed by atoms with Crippen molar-refractivity contribution in [3.05, 3.63) is 114 Å². The van der Waals surface area contributed by atoms with Crippen molar-refractivity contribution in [1.29, 1.82) is 0 Å². The van der Waals surface area contributed by atoms with Gasteiger partial charge in [0.25, 0.3) is 0 Å². The third kappa shape index (κ3) is 11.8. The molecule has 1 heterocycles. The fourth-order valence-corrected chi connectivity index (χ4v) is 5.79. The minimum atomic E-state index is -0.991. The molecule has 0 unspecified atom stereocenters. The summed E-state index contributed by atoms with van der Waals surface area (Å²) < 4.78 is 12.2. The van der Waals surface area contributed by atoms with Gasteiger partial charge in [-0.2, -0.15) is 5.10 Å². The van der Waals surface area contributed by atoms with Crippen LogP contribution in [0.5, 0.6) is 0 Å². The van der Waals surface area contributed by atoms with E-state index in [4.69, 9.17) is 9.47 Å². The monoisotopic (exact) mass is 739 g/mol. The second-order valence-electron chi connectivity index (χ2n) is 14.9. The van der Waals surface area contributed by atoms with Gasteiger partial charge >= 0.3 is 12.2 Å². The van der Waals surface area contributed by atoms with Gasteiger partial charge in [-0.05, 0) is 71.1 Å². The van der Waals surface area contributed by atoms with E-state index in [9.17, 15) is 19.2 Å². The molecule has 4 amide bonds. The van der Waals surface area contributed by atoms with Gasteiger partial charge in [-0.3, -0.25) is 14.3 Å². The molecule has 0 aliphatic heterocycles. The molecule has 0 radical (unpaired) electrons. The Balaban J connectivity index is 1.59. The number of carbonyl (C=O) groups excluding carboxylic acids is 4. The molecule has 5 N–H and O–H groups in total. The zero-order valence-corrected chi connectivity index (χ0v) is 32.2. The lowest BCUT2D eigenvalue weighted by Crippen LogP contribution is -2.45. The van der Waals surface area contributed by atoms with E-state index in [2.05, 4.69) is 68.1 Å². The molecule has 0 aliphatic rings. The molecule has 13 heteroatoms. The summed E-state index contributed by atoms with van der Waals surface area (Å²) in [7, 11) is 1.78. The van der Waals surface area contributed by atoms with Crippen LogP contribution in [0.3, 0.4) is 0 Å². The molecule has 0 bridgehead atoms. The molecule has 0 spiro atoms. The van der Waals surface area contributed by atoms with E-state index in [1.54, 1.807) is 59.5 Å². The van der Waals surface area contributed by atoms with Crippen molar-refractivity contribution in [3.8, 4) is 0 Å². The van der Waals surface area contributed by atoms with E-state index in [0.29, 0.717) is 17.9 Å². The van der Waals surface area contributed by atoms with E-state index in [1.807, 2.05) is 54.6 Å². The molecular formula is C41H53N7O6. The Morgan fingerprint density at radius 3 is 1.63 bits per heavy atom. The first-order valence-corrected chi connectivity index (χ1v) is 18.1. The van der Waals surface area contributed by atoms with Gasteiger partial charge in [-0.25, -0.2) is 9.59 Å². The lowest BCUT2D eigenvalue weighted by molar-refractivity contribution is -0.126. The third-order valence-electron chi connectivity index (χ3n) is 8.13. The number of carbonyl (C=O) groups is 4. The van der Waals surface area contributed by atoms with Crippen molar-refractivity contribution >= 4 is 35.5 Å². The van der Waals surface area contributed by atoms with Crippen molar-refractivity contribution in [2.75, 3.05) is 23.7 Å². The lowest BCUT2D eigenvalue weighted by Gasteiger charge is -2.38. The van der Waals surface area contributed by atoms with Gasteiger partial charge in [-0.15, -0.1) is 0 Å². The van der Waals surface area contributed by atoms with Crippen LogP contribution in [0.2, 0.25) is 0 Å². The molecule has 1 aromatic heterocycles. The quantitative estimate of drug-likeness (QED) is 0.0684. The van der Waals surface area contributed by atoms with E-state index in [-0.39, 0.29) is 25.9 Å². The SMILES string of the molecule is Cn1ncc(NC(=O)[C@H](CCCNC(=O)OC(C)(C)C)NC(=O)CCNC(=O)OC(C)(C)C)c1NC(c1ccccc1)(c1ccccc1)c1ccccc1. The largest absolute Gasteiger partial charge is 0.444 e. The first-order valence-electron chi connectivity index (χ1n) is 18.1. The van der Waals surface area contributed by atoms with Crippen LogP contribution in [0.4, 0.5) is 21.1 Å². The zero-order valence-electron chi connectivity index (χ0n) is 32.2. The summed E-state index contributed by atoms with van der Waals surface area (Å²) in [6.45, 7) is 10.8. The number of aromatic nitrogens is 2. The molecule has 288 valence electrons. The third-order valence-corrected chi connectivity index (χ3v) is 8.13. The number of alkyl carbamates (subject to hydrolysis) is 2. The minimum absolute atomic E-state index is 0.00645. The van der Waals surface area contributed by atoms with Gasteiger partial charge < -0.3 is 36.1 Å². The van der Waals surface area contributed by atoms with Gasteiger partial charge in [-0.1, -0.05) is 91.0 Å². The van der Waals surface area contributed by atoms with Crippen LogP contribution in [0.1, 0.15) is 77.5 Å². The van der Waals surface area contributed by atoms with Gasteiger partial charge in [0.1, 0.15) is 34.3 Å². The first-order chi connectivity index (χ1) is 25.6. The van der Waals surface area contributed by atoms with Gasteiger partial charge in [0.15, 0.2) is 0 Å². The summed E-state index contributed by atoms with van der Waals surface area (Å²) in [5, 5.41) is 19.3. The predicted octanol–water partition coefficient (Wildman–Crippen LogP) is 6.47. The highest BCUT2D eigenvalue weighted by Gasteiger charge is 2.38. The fraction of sp³-hybridized carbons (Fsp3) is 0.390. The molecule has 4 rings (SSSR count). The Labute approximate surface area is 317 Å². The highest BCUT2D eigenvalue weighted by molar-refractivity contribution is 5.99. The molecular weight excluding hydrogens is 686 g/mol. The van der Waals surface area contributed by atoms with Crippen LogP contribution in [-0.2, 0) is 31.6 Å². The van der Waals surface area contributed by atoms with Gasteiger partial charge in [0.2, 0.25) is 11.8 Å². The molecule has 4 aromatic rings. The first kappa shape index (κ1) is 40.9. The molecule has 0 aliphatic carbocycles. The van der Waals surface area contributed by atoms with Crippen LogP contribution < -0.4 is 26.6 Å². The Morgan fingerprint density at radius 1 is 0.704 bits per heavy atom. The number of benzene rings is 3. The van der Waals surface area contributed by atoms with Gasteiger partial charge in [0.05, 0.1) is 6.20 Å². The predicted molar refractivity (Wildman–Crippen MR) is 209 cm³/mol. The molecule has 13 nitrogen and oxygen atoms in total. The summed E-state index contributed by atoms with van der Waals surface area (Å²) in [5.74, 6) is -0.410. The average Bonchev–Trinajstić information content (AvgIpc) is 3.45. The number of anilines is 2. The summed E-state index contributed by atoms with van der Waals surface area (Å²) in [4.78, 5) is 51.5. The lowest BCUT2D eigenvalue weighted by atomic mass is 9.77. The summed E-state index contributed by atoms with van der Waals surface area (Å²) >= 11 is 0. The number of ether oxygens (including phenoxy) is 2. The molecule has 0 saturated heterocycles. The summed E-state index contributed by atoms with van der Waals surface area (Å²) in [6, 6.07) is 29.1. The highest BCUT2D eigenvalue weighted by Crippen LogP contribution is 2.41. The Bertz CT molecular complexity index is 1740. The minimum Gasteiger partial charge on any atom is -0.444 e. The van der Waals surface area contributed by atoms with E-state index < -0.39 is 46.8 Å². The highest BCUT2D eigenvalue weighted by atomic mass is 16.6. The molecule has 1 atom stereocenters. The summed E-state index contributed by atoms with van der Waals surface area (Å²) in [5.41, 5.74) is 1.02. The molecule has 0 saturated carbocycles. The van der Waals surface area contributed by atoms with Crippen molar-refractivity contribution in [3.63, 3.8) is 0 Å². The van der Waals surface area contributed by atoms with Gasteiger partial charge in [0, 0.05) is 26.6 Å². The van der Waals surface area contributed by atoms with E-state index in [1.165, 1.54) is 0 Å². The number of nitrogens with zero attached hydrogens (tertiary/aromatic N) is 2. The molecule has 0 fully saturated rings. The van der Waals surface area contributed by atoms with Crippen molar-refractivity contribution in [2.45, 2.75) is 83.6 Å². The van der Waals surface area contributed by atoms with Crippen molar-refractivity contribution in [2.24, 2.45) is 7.05 Å². The van der Waals surface area contributed by atoms with E-state index >= 15 is 0 Å². The zero-order chi connectivity index (χ0) is 39.4. The summed E-state index contributed by atoms with van der Waals surface area (Å²) in [6.07, 6.45) is 0.785. The van der Waals surface area contributed by atoms with E-state index in [0.717, 1.165) is 16.7 Å². The van der Waals surface area contributed by atoms with Crippen LogP contribution >= 0.6 is 0 Å². The topological polar surface area (TPSA) is 165 Å². The Hall–Kier alpha value is -5.85. The van der Waals surface area contributed by atoms with Crippen molar-refractivity contribution < 1.29 is 28.7 Å². The maximum Gasteiger partial charge on any atom is 0.407 e. The van der Waals surface area contributed by atoms with Crippen molar-refractivity contribution in [1.82, 2.24) is 25.7 Å². The number of aryl methyl sites for hydroxylation is 1. The molecule has 3 aromatic carbocycles. The molecule has 54 heavy (non-hydrogen) atoms. The fourth-order valence-electron chi connectivity index (χ4n) is 5.79. The van der Waals surface area contributed by atoms with Crippen LogP contribution in [0, 0.1) is 0 Å². The second kappa shape index (κ2) is 18.3.